The van der Waals surface area contributed by atoms with E-state index in [2.05, 4.69) is 20.6 Å². The molecule has 1 amide bonds. The number of methoxy groups -OCH3 is 2. The van der Waals surface area contributed by atoms with Crippen LogP contribution in [-0.2, 0) is 4.74 Å². The van der Waals surface area contributed by atoms with Crippen molar-refractivity contribution in [3.05, 3.63) is 53.7 Å². The molecule has 3 aromatic rings. The van der Waals surface area contributed by atoms with Crippen molar-refractivity contribution >= 4 is 17.3 Å². The molecule has 1 aliphatic heterocycles. The lowest BCUT2D eigenvalue weighted by Gasteiger charge is -2.23. The van der Waals surface area contributed by atoms with Crippen molar-refractivity contribution in [2.24, 2.45) is 0 Å². The molecule has 0 spiro atoms. The maximum absolute atomic E-state index is 14.3. The van der Waals surface area contributed by atoms with E-state index < -0.39 is 11.4 Å². The van der Waals surface area contributed by atoms with Crippen molar-refractivity contribution in [2.75, 3.05) is 26.1 Å². The third-order valence-corrected chi connectivity index (χ3v) is 5.65. The number of ether oxygens (including phenoxy) is 3. The lowest BCUT2D eigenvalue weighted by molar-refractivity contribution is -0.0146. The molecule has 1 aliphatic rings. The number of hydrogen-bond donors (Lipinski definition) is 3. The van der Waals surface area contributed by atoms with Gasteiger partial charge in [-0.3, -0.25) is 9.78 Å². The average molecular weight is 455 g/mol. The van der Waals surface area contributed by atoms with Crippen LogP contribution >= 0.6 is 0 Å². The summed E-state index contributed by atoms with van der Waals surface area (Å²) in [5, 5.41) is 6.11. The number of carbonyl (C=O) groups is 1. The molecule has 0 radical (unpaired) electrons. The number of aromatic nitrogens is 2. The van der Waals surface area contributed by atoms with Gasteiger partial charge < -0.3 is 29.8 Å². The number of nitrogens with one attached hydrogen (secondary N) is 3. The van der Waals surface area contributed by atoms with Gasteiger partial charge in [-0.2, -0.15) is 0 Å². The van der Waals surface area contributed by atoms with Crippen LogP contribution in [0.4, 0.5) is 15.8 Å². The maximum atomic E-state index is 14.3. The Balaban J connectivity index is 1.83. The van der Waals surface area contributed by atoms with Gasteiger partial charge in [-0.15, -0.1) is 0 Å². The molecule has 0 fully saturated rings. The zero-order valence-corrected chi connectivity index (χ0v) is 19.2. The third kappa shape index (κ3) is 4.23. The molecule has 0 saturated carbocycles. The van der Waals surface area contributed by atoms with Gasteiger partial charge in [0.2, 0.25) is 0 Å². The van der Waals surface area contributed by atoms with E-state index in [4.69, 9.17) is 14.2 Å². The van der Waals surface area contributed by atoms with Gasteiger partial charge in [-0.25, -0.2) is 4.39 Å². The monoisotopic (exact) mass is 454 g/mol. The predicted molar refractivity (Wildman–Crippen MR) is 123 cm³/mol. The summed E-state index contributed by atoms with van der Waals surface area (Å²) < 4.78 is 31.1. The molecule has 174 valence electrons. The molecule has 3 heterocycles. The Morgan fingerprint density at radius 1 is 1.24 bits per heavy atom. The summed E-state index contributed by atoms with van der Waals surface area (Å²) in [5.74, 6) is -0.165. The van der Waals surface area contributed by atoms with E-state index in [0.29, 0.717) is 40.6 Å². The number of para-hydroxylation sites is 1. The van der Waals surface area contributed by atoms with Crippen LogP contribution in [0, 0.1) is 5.82 Å². The van der Waals surface area contributed by atoms with Crippen molar-refractivity contribution in [1.82, 2.24) is 15.3 Å². The van der Waals surface area contributed by atoms with E-state index in [1.54, 1.807) is 37.7 Å². The molecule has 3 N–H and O–H groups in total. The van der Waals surface area contributed by atoms with Crippen LogP contribution in [0.15, 0.2) is 36.7 Å². The van der Waals surface area contributed by atoms with Gasteiger partial charge in [0.05, 0.1) is 53.3 Å². The molecule has 8 nitrogen and oxygen atoms in total. The Bertz CT molecular complexity index is 1190. The largest absolute Gasteiger partial charge is 0.492 e. The highest BCUT2D eigenvalue weighted by Gasteiger charge is 2.34. The van der Waals surface area contributed by atoms with Gasteiger partial charge in [0.1, 0.15) is 12.4 Å². The zero-order valence-electron chi connectivity index (χ0n) is 19.2. The first-order valence-corrected chi connectivity index (χ1v) is 10.5. The Morgan fingerprint density at radius 3 is 2.76 bits per heavy atom. The fourth-order valence-electron chi connectivity index (χ4n) is 3.71. The number of carbonyl (C=O) groups excluding carboxylic acids is 1. The van der Waals surface area contributed by atoms with Crippen molar-refractivity contribution in [3.63, 3.8) is 0 Å². The first-order valence-electron chi connectivity index (χ1n) is 10.5. The summed E-state index contributed by atoms with van der Waals surface area (Å²) in [6.07, 6.45) is 3.26. The standard InChI is InChI=1S/C24H27FN4O4/c1-13-19-18(23(30)27-13)21(28-16-8-6-7-15(25)22(16)31-4)20(29-19)14-9-10-26-11-17(14)33-12-24(2,3)32-5/h6-11,13,28-29H,12H2,1-5H3,(H,27,30)/t13-/m0/s1. The molecule has 9 heteroatoms. The third-order valence-electron chi connectivity index (χ3n) is 5.65. The molecule has 0 saturated heterocycles. The van der Waals surface area contributed by atoms with Gasteiger partial charge >= 0.3 is 0 Å². The molecule has 1 atom stereocenters. The predicted octanol–water partition coefficient (Wildman–Crippen LogP) is 4.58. The van der Waals surface area contributed by atoms with E-state index in [-0.39, 0.29) is 17.7 Å². The summed E-state index contributed by atoms with van der Waals surface area (Å²) in [7, 11) is 3.02. The molecular weight excluding hydrogens is 427 g/mol. The first kappa shape index (κ1) is 22.6. The molecule has 0 aliphatic carbocycles. The number of anilines is 2. The number of amides is 1. The first-order chi connectivity index (χ1) is 15.8. The topological polar surface area (TPSA) is 97.5 Å². The number of benzene rings is 1. The van der Waals surface area contributed by atoms with E-state index in [1.165, 1.54) is 13.2 Å². The summed E-state index contributed by atoms with van der Waals surface area (Å²) >= 11 is 0. The minimum atomic E-state index is -0.510. The average Bonchev–Trinajstić information content (AvgIpc) is 3.30. The van der Waals surface area contributed by atoms with Gasteiger partial charge in [0, 0.05) is 18.9 Å². The second kappa shape index (κ2) is 8.74. The maximum Gasteiger partial charge on any atom is 0.255 e. The Labute approximate surface area is 191 Å². The number of H-pyrrole nitrogens is 1. The van der Waals surface area contributed by atoms with Crippen molar-refractivity contribution in [1.29, 1.82) is 0 Å². The van der Waals surface area contributed by atoms with Crippen molar-refractivity contribution in [2.45, 2.75) is 32.4 Å². The highest BCUT2D eigenvalue weighted by Crippen LogP contribution is 2.44. The Morgan fingerprint density at radius 2 is 2.03 bits per heavy atom. The van der Waals surface area contributed by atoms with Gasteiger partial charge in [-0.05, 0) is 39.0 Å². The Kier molecular flexibility index (Phi) is 5.99. The second-order valence-electron chi connectivity index (χ2n) is 8.43. The lowest BCUT2D eigenvalue weighted by atomic mass is 10.1. The highest BCUT2D eigenvalue weighted by molar-refractivity contribution is 6.08. The van der Waals surface area contributed by atoms with E-state index in [0.717, 1.165) is 5.69 Å². The van der Waals surface area contributed by atoms with Crippen LogP contribution < -0.4 is 20.1 Å². The molecule has 1 aromatic carbocycles. The number of hydrogen-bond acceptors (Lipinski definition) is 6. The second-order valence-corrected chi connectivity index (χ2v) is 8.43. The smallest absolute Gasteiger partial charge is 0.255 e. The highest BCUT2D eigenvalue weighted by atomic mass is 19.1. The summed E-state index contributed by atoms with van der Waals surface area (Å²) in [4.78, 5) is 20.4. The van der Waals surface area contributed by atoms with E-state index >= 15 is 0 Å². The molecule has 0 unspecified atom stereocenters. The molecule has 2 aromatic heterocycles. The minimum absolute atomic E-state index is 0.0536. The van der Waals surface area contributed by atoms with Gasteiger partial charge in [0.15, 0.2) is 11.6 Å². The van der Waals surface area contributed by atoms with Gasteiger partial charge in [0.25, 0.3) is 5.91 Å². The summed E-state index contributed by atoms with van der Waals surface area (Å²) in [6, 6.07) is 6.16. The van der Waals surface area contributed by atoms with Crippen LogP contribution in [0.1, 0.15) is 42.9 Å². The lowest BCUT2D eigenvalue weighted by Crippen LogP contribution is -2.30. The molecule has 0 bridgehead atoms. The summed E-state index contributed by atoms with van der Waals surface area (Å²) in [5.41, 5.74) is 2.90. The normalized spacial score (nSPS) is 15.2. The zero-order chi connectivity index (χ0) is 23.8. The number of fused-ring (bicyclic) bond motifs is 1. The number of rotatable bonds is 8. The summed E-state index contributed by atoms with van der Waals surface area (Å²) in [6.45, 7) is 6.02. The fraction of sp³-hybridized carbons (Fsp3) is 0.333. The van der Waals surface area contributed by atoms with Crippen LogP contribution in [-0.4, -0.2) is 42.3 Å². The number of pyridine rings is 1. The molecule has 4 rings (SSSR count). The van der Waals surface area contributed by atoms with Crippen LogP contribution in [0.25, 0.3) is 11.3 Å². The van der Waals surface area contributed by atoms with Crippen LogP contribution in [0.5, 0.6) is 11.5 Å². The Hall–Kier alpha value is -3.59. The molecule has 33 heavy (non-hydrogen) atoms. The van der Waals surface area contributed by atoms with Crippen molar-refractivity contribution < 1.29 is 23.4 Å². The SMILES string of the molecule is COc1c(F)cccc1Nc1c(-c2ccncc2OCC(C)(C)OC)[nH]c2c1C(=O)N[C@H]2C. The number of aromatic amines is 1. The van der Waals surface area contributed by atoms with E-state index in [1.807, 2.05) is 20.8 Å². The van der Waals surface area contributed by atoms with Crippen molar-refractivity contribution in [3.8, 4) is 22.8 Å². The van der Waals surface area contributed by atoms with E-state index in [9.17, 15) is 9.18 Å². The number of nitrogens with zero attached hydrogens (tertiary/aromatic N) is 1. The quantitative estimate of drug-likeness (QED) is 0.461. The minimum Gasteiger partial charge on any atom is -0.492 e. The molecular formula is C24H27FN4O4. The van der Waals surface area contributed by atoms with Gasteiger partial charge in [-0.1, -0.05) is 6.07 Å². The number of halogens is 1. The fourth-order valence-corrected chi connectivity index (χ4v) is 3.71. The van der Waals surface area contributed by atoms with Crippen LogP contribution in [0.2, 0.25) is 0 Å². The van der Waals surface area contributed by atoms with Crippen LogP contribution in [0.3, 0.4) is 0 Å².